The molecule has 7 nitrogen and oxygen atoms in total. The monoisotopic (exact) mass is 451 g/mol. The Bertz CT molecular complexity index is 1090. The molecule has 0 fully saturated rings. The maximum atomic E-state index is 14.0. The molecule has 2 aromatic heterocycles. The first-order valence-corrected chi connectivity index (χ1v) is 9.75. The summed E-state index contributed by atoms with van der Waals surface area (Å²) < 4.78 is 57.3. The van der Waals surface area contributed by atoms with Crippen LogP contribution >= 0.6 is 0 Å². The molecule has 2 heterocycles. The molecule has 1 amide bonds. The van der Waals surface area contributed by atoms with Crippen LogP contribution in [0.3, 0.4) is 0 Å². The third-order valence-electron chi connectivity index (χ3n) is 4.75. The molecule has 170 valence electrons. The number of hydrogen-bond acceptors (Lipinski definition) is 5. The van der Waals surface area contributed by atoms with Crippen molar-refractivity contribution >= 4 is 5.91 Å². The molecule has 1 aromatic carbocycles. The molecule has 0 aliphatic heterocycles. The maximum Gasteiger partial charge on any atom is 0.417 e. The summed E-state index contributed by atoms with van der Waals surface area (Å²) in [4.78, 5) is 19.5. The van der Waals surface area contributed by atoms with E-state index in [1.807, 2.05) is 6.92 Å². The summed E-state index contributed by atoms with van der Waals surface area (Å²) >= 11 is 0. The zero-order valence-corrected chi connectivity index (χ0v) is 17.6. The molecule has 11 heteroatoms. The van der Waals surface area contributed by atoms with Crippen molar-refractivity contribution in [2.45, 2.75) is 33.0 Å². The van der Waals surface area contributed by atoms with E-state index in [1.54, 1.807) is 32.0 Å². The average molecular weight is 451 g/mol. The Hall–Kier alpha value is -3.50. The van der Waals surface area contributed by atoms with Crippen molar-refractivity contribution in [1.29, 1.82) is 0 Å². The lowest BCUT2D eigenvalue weighted by Crippen LogP contribution is -2.42. The van der Waals surface area contributed by atoms with Crippen LogP contribution in [-0.4, -0.2) is 50.0 Å². The van der Waals surface area contributed by atoms with Gasteiger partial charge in [0.05, 0.1) is 35.2 Å². The highest BCUT2D eigenvalue weighted by molar-refractivity contribution is 5.98. The predicted molar refractivity (Wildman–Crippen MR) is 107 cm³/mol. The van der Waals surface area contributed by atoms with Crippen molar-refractivity contribution < 1.29 is 27.1 Å². The average Bonchev–Trinajstić information content (AvgIpc) is 3.27. The minimum Gasteiger partial charge on any atom is -0.473 e. The Morgan fingerprint density at radius 1 is 1.22 bits per heavy atom. The highest BCUT2D eigenvalue weighted by atomic mass is 19.4. The smallest absolute Gasteiger partial charge is 0.417 e. The molecule has 1 atom stereocenters. The van der Waals surface area contributed by atoms with Gasteiger partial charge in [0.2, 0.25) is 5.88 Å². The zero-order valence-electron chi connectivity index (χ0n) is 17.6. The van der Waals surface area contributed by atoms with Crippen LogP contribution in [0.15, 0.2) is 42.9 Å². The number of benzene rings is 1. The van der Waals surface area contributed by atoms with Gasteiger partial charge >= 0.3 is 6.18 Å². The molecule has 0 unspecified atom stereocenters. The van der Waals surface area contributed by atoms with Gasteiger partial charge in [-0.2, -0.15) is 28.2 Å². The van der Waals surface area contributed by atoms with Gasteiger partial charge in [-0.15, -0.1) is 0 Å². The molecule has 0 saturated carbocycles. The van der Waals surface area contributed by atoms with Gasteiger partial charge in [0, 0.05) is 12.7 Å². The van der Waals surface area contributed by atoms with E-state index < -0.39 is 29.5 Å². The van der Waals surface area contributed by atoms with Crippen LogP contribution in [0.25, 0.3) is 5.69 Å². The van der Waals surface area contributed by atoms with Gasteiger partial charge in [0.25, 0.3) is 5.91 Å². The SMILES string of the molecule is CCN(C(=O)c1ccc(C)cc1-n1nccn1)[C@@H](C)COc1ncc(C(F)(F)F)cc1F. The van der Waals surface area contributed by atoms with Crippen LogP contribution in [0, 0.1) is 12.7 Å². The molecule has 32 heavy (non-hydrogen) atoms. The van der Waals surface area contributed by atoms with Crippen molar-refractivity contribution in [2.75, 3.05) is 13.2 Å². The molecule has 0 aliphatic carbocycles. The second-order valence-corrected chi connectivity index (χ2v) is 7.10. The van der Waals surface area contributed by atoms with Gasteiger partial charge < -0.3 is 9.64 Å². The summed E-state index contributed by atoms with van der Waals surface area (Å²) in [6.45, 7) is 5.47. The molecule has 0 aliphatic rings. The molecule has 0 N–H and O–H groups in total. The lowest BCUT2D eigenvalue weighted by Gasteiger charge is -2.28. The number of carbonyl (C=O) groups excluding carboxylic acids is 1. The van der Waals surface area contributed by atoms with Crippen LogP contribution < -0.4 is 4.74 Å². The van der Waals surface area contributed by atoms with E-state index in [9.17, 15) is 22.4 Å². The second kappa shape index (κ2) is 9.33. The van der Waals surface area contributed by atoms with Gasteiger partial charge in [-0.25, -0.2) is 9.37 Å². The number of amides is 1. The van der Waals surface area contributed by atoms with Gasteiger partial charge in [0.15, 0.2) is 5.82 Å². The van der Waals surface area contributed by atoms with E-state index in [1.165, 1.54) is 22.1 Å². The Morgan fingerprint density at radius 2 is 1.91 bits per heavy atom. The first kappa shape index (κ1) is 23.2. The van der Waals surface area contributed by atoms with Crippen molar-refractivity contribution in [2.24, 2.45) is 0 Å². The fourth-order valence-electron chi connectivity index (χ4n) is 3.11. The molecule has 0 radical (unpaired) electrons. The molecular formula is C21H21F4N5O2. The van der Waals surface area contributed by atoms with E-state index in [2.05, 4.69) is 15.2 Å². The number of likely N-dealkylation sites (N-methyl/N-ethyl adjacent to an activating group) is 1. The number of rotatable bonds is 7. The normalized spacial score (nSPS) is 12.5. The summed E-state index contributed by atoms with van der Waals surface area (Å²) in [7, 11) is 0. The third kappa shape index (κ3) is 5.04. The van der Waals surface area contributed by atoms with Crippen LogP contribution in [-0.2, 0) is 6.18 Å². The number of aryl methyl sites for hydroxylation is 1. The number of aromatic nitrogens is 4. The first-order valence-electron chi connectivity index (χ1n) is 9.75. The number of nitrogens with zero attached hydrogens (tertiary/aromatic N) is 5. The van der Waals surface area contributed by atoms with Gasteiger partial charge in [0.1, 0.15) is 6.61 Å². The largest absolute Gasteiger partial charge is 0.473 e. The molecule has 3 aromatic rings. The van der Waals surface area contributed by atoms with Crippen molar-refractivity contribution in [3.63, 3.8) is 0 Å². The second-order valence-electron chi connectivity index (χ2n) is 7.10. The van der Waals surface area contributed by atoms with Crippen molar-refractivity contribution in [1.82, 2.24) is 24.9 Å². The summed E-state index contributed by atoms with van der Waals surface area (Å²) in [5.41, 5.74) is 0.568. The Balaban J connectivity index is 1.77. The standard InChI is InChI=1S/C21H21F4N5O2/c1-4-29(14(3)12-32-19-17(22)10-15(11-26-19)21(23,24)25)20(31)16-6-5-13(2)9-18(16)30-27-7-8-28-30/h5-11,14H,4,12H2,1-3H3/t14-/m0/s1. The number of halogens is 4. The lowest BCUT2D eigenvalue weighted by molar-refractivity contribution is -0.138. The molecule has 0 bridgehead atoms. The maximum absolute atomic E-state index is 14.0. The van der Waals surface area contributed by atoms with Crippen LogP contribution in [0.5, 0.6) is 5.88 Å². The number of carbonyl (C=O) groups is 1. The van der Waals surface area contributed by atoms with Gasteiger partial charge in [-0.1, -0.05) is 6.07 Å². The Labute approximate surface area is 181 Å². The van der Waals surface area contributed by atoms with Crippen LogP contribution in [0.4, 0.5) is 17.6 Å². The third-order valence-corrected chi connectivity index (χ3v) is 4.75. The van der Waals surface area contributed by atoms with E-state index in [0.29, 0.717) is 30.1 Å². The molecular weight excluding hydrogens is 430 g/mol. The van der Waals surface area contributed by atoms with E-state index >= 15 is 0 Å². The zero-order chi connectivity index (χ0) is 23.5. The summed E-state index contributed by atoms with van der Waals surface area (Å²) in [6, 6.07) is 5.03. The number of alkyl halides is 3. The number of ether oxygens (including phenoxy) is 1. The summed E-state index contributed by atoms with van der Waals surface area (Å²) in [6.07, 6.45) is -1.21. The summed E-state index contributed by atoms with van der Waals surface area (Å²) in [5, 5.41) is 8.18. The molecule has 3 rings (SSSR count). The van der Waals surface area contributed by atoms with Crippen molar-refractivity contribution in [3.8, 4) is 11.6 Å². The van der Waals surface area contributed by atoms with E-state index in [-0.39, 0.29) is 12.5 Å². The highest BCUT2D eigenvalue weighted by Crippen LogP contribution is 2.30. The quantitative estimate of drug-likeness (QED) is 0.507. The van der Waals surface area contributed by atoms with E-state index in [4.69, 9.17) is 4.74 Å². The fourth-order valence-corrected chi connectivity index (χ4v) is 3.11. The van der Waals surface area contributed by atoms with Crippen LogP contribution in [0.1, 0.15) is 35.3 Å². The fraction of sp³-hybridized carbons (Fsp3) is 0.333. The van der Waals surface area contributed by atoms with Gasteiger partial charge in [-0.3, -0.25) is 4.79 Å². The summed E-state index contributed by atoms with van der Waals surface area (Å²) in [5.74, 6) is -2.12. The van der Waals surface area contributed by atoms with Gasteiger partial charge in [-0.05, 0) is 44.5 Å². The molecule has 0 spiro atoms. The lowest BCUT2D eigenvalue weighted by atomic mass is 10.1. The van der Waals surface area contributed by atoms with Crippen molar-refractivity contribution in [3.05, 3.63) is 65.4 Å². The Morgan fingerprint density at radius 3 is 2.50 bits per heavy atom. The first-order chi connectivity index (χ1) is 15.1. The molecule has 0 saturated heterocycles. The number of hydrogen-bond donors (Lipinski definition) is 0. The minimum absolute atomic E-state index is 0.171. The number of pyridine rings is 1. The topological polar surface area (TPSA) is 73.1 Å². The van der Waals surface area contributed by atoms with Crippen LogP contribution in [0.2, 0.25) is 0 Å². The Kier molecular flexibility index (Phi) is 6.75. The minimum atomic E-state index is -4.71. The van der Waals surface area contributed by atoms with E-state index in [0.717, 1.165) is 5.56 Å². The highest BCUT2D eigenvalue weighted by Gasteiger charge is 2.32. The predicted octanol–water partition coefficient (Wildman–Crippen LogP) is 4.06.